The van der Waals surface area contributed by atoms with Crippen molar-refractivity contribution in [2.75, 3.05) is 39.4 Å². The largest absolute Gasteiger partial charge is 0.379 e. The molecule has 1 fully saturated rings. The van der Waals surface area contributed by atoms with Crippen molar-refractivity contribution >= 4 is 29.2 Å². The smallest absolute Gasteiger partial charge is 0.237 e. The van der Waals surface area contributed by atoms with Crippen LogP contribution in [0.5, 0.6) is 0 Å². The number of amides is 1. The van der Waals surface area contributed by atoms with Gasteiger partial charge in [0.05, 0.1) is 26.3 Å². The zero-order chi connectivity index (χ0) is 14.9. The van der Waals surface area contributed by atoms with E-state index in [1.165, 1.54) is 16.6 Å². The van der Waals surface area contributed by atoms with Crippen molar-refractivity contribution in [1.29, 1.82) is 0 Å². The van der Waals surface area contributed by atoms with Crippen LogP contribution in [-0.2, 0) is 22.6 Å². The van der Waals surface area contributed by atoms with Crippen molar-refractivity contribution in [1.82, 2.24) is 14.4 Å². The van der Waals surface area contributed by atoms with Gasteiger partial charge in [0, 0.05) is 37.4 Å². The summed E-state index contributed by atoms with van der Waals surface area (Å²) >= 11 is 0. The van der Waals surface area contributed by atoms with Gasteiger partial charge in [-0.2, -0.15) is 0 Å². The molecule has 1 saturated heterocycles. The van der Waals surface area contributed by atoms with E-state index >= 15 is 0 Å². The molecule has 3 heterocycles. The molecule has 0 N–H and O–H groups in total. The van der Waals surface area contributed by atoms with Crippen molar-refractivity contribution in [3.05, 3.63) is 36.0 Å². The van der Waals surface area contributed by atoms with Gasteiger partial charge in [-0.15, -0.1) is 12.4 Å². The molecule has 2 aliphatic rings. The molecular formula is C17H22ClN3O2. The Hall–Kier alpha value is -1.56. The summed E-state index contributed by atoms with van der Waals surface area (Å²) in [6, 6.07) is 10.6. The number of carbonyl (C=O) groups is 1. The summed E-state index contributed by atoms with van der Waals surface area (Å²) in [7, 11) is 0. The minimum atomic E-state index is 0. The van der Waals surface area contributed by atoms with Crippen LogP contribution in [0.2, 0.25) is 0 Å². The Bertz CT molecular complexity index is 694. The average Bonchev–Trinajstić information content (AvgIpc) is 2.93. The molecule has 4 rings (SSSR count). The summed E-state index contributed by atoms with van der Waals surface area (Å²) in [5.74, 6) is 0.235. The van der Waals surface area contributed by atoms with Crippen LogP contribution in [0.15, 0.2) is 30.3 Å². The molecule has 1 aromatic carbocycles. The highest BCUT2D eigenvalue weighted by Crippen LogP contribution is 2.24. The molecule has 23 heavy (non-hydrogen) atoms. The minimum Gasteiger partial charge on any atom is -0.379 e. The van der Waals surface area contributed by atoms with E-state index in [2.05, 4.69) is 39.8 Å². The predicted octanol–water partition coefficient (Wildman–Crippen LogP) is 1.74. The van der Waals surface area contributed by atoms with Gasteiger partial charge < -0.3 is 14.2 Å². The first-order chi connectivity index (χ1) is 10.8. The van der Waals surface area contributed by atoms with Crippen LogP contribution in [0.4, 0.5) is 0 Å². The first-order valence-electron chi connectivity index (χ1n) is 7.96. The molecular weight excluding hydrogens is 314 g/mol. The number of nitrogens with zero attached hydrogens (tertiary/aromatic N) is 3. The van der Waals surface area contributed by atoms with Gasteiger partial charge in [0.25, 0.3) is 0 Å². The van der Waals surface area contributed by atoms with Gasteiger partial charge >= 0.3 is 0 Å². The number of carbonyl (C=O) groups excluding carboxylic acids is 1. The van der Waals surface area contributed by atoms with Crippen molar-refractivity contribution < 1.29 is 9.53 Å². The maximum Gasteiger partial charge on any atom is 0.237 e. The fourth-order valence-electron chi connectivity index (χ4n) is 3.42. The van der Waals surface area contributed by atoms with Crippen molar-refractivity contribution in [3.8, 4) is 0 Å². The SMILES string of the molecule is Cl.O=C(CN1CCOCC1)N1CCn2c(cc3ccccc32)C1. The lowest BCUT2D eigenvalue weighted by molar-refractivity contribution is -0.134. The normalized spacial score (nSPS) is 18.5. The van der Waals surface area contributed by atoms with Crippen molar-refractivity contribution in [2.24, 2.45) is 0 Å². The van der Waals surface area contributed by atoms with Gasteiger partial charge in [-0.25, -0.2) is 0 Å². The lowest BCUT2D eigenvalue weighted by Gasteiger charge is -2.32. The number of rotatable bonds is 2. The van der Waals surface area contributed by atoms with Gasteiger partial charge in [0.2, 0.25) is 5.91 Å². The lowest BCUT2D eigenvalue weighted by Crippen LogP contribution is -2.46. The fourth-order valence-corrected chi connectivity index (χ4v) is 3.42. The Balaban J connectivity index is 0.00000156. The number of hydrogen-bond donors (Lipinski definition) is 0. The summed E-state index contributed by atoms with van der Waals surface area (Å²) in [6.45, 7) is 6.12. The molecule has 0 atom stereocenters. The number of fused-ring (bicyclic) bond motifs is 3. The van der Waals surface area contributed by atoms with Crippen LogP contribution in [0, 0.1) is 0 Å². The summed E-state index contributed by atoms with van der Waals surface area (Å²) in [5, 5.41) is 1.26. The second-order valence-corrected chi connectivity index (χ2v) is 6.05. The summed E-state index contributed by atoms with van der Waals surface area (Å²) in [4.78, 5) is 16.7. The van der Waals surface area contributed by atoms with Gasteiger partial charge in [-0.05, 0) is 17.5 Å². The van der Waals surface area contributed by atoms with E-state index in [1.807, 2.05) is 4.90 Å². The summed E-state index contributed by atoms with van der Waals surface area (Å²) in [6.07, 6.45) is 0. The van der Waals surface area contributed by atoms with E-state index < -0.39 is 0 Å². The molecule has 0 radical (unpaired) electrons. The van der Waals surface area contributed by atoms with E-state index in [1.54, 1.807) is 0 Å². The maximum absolute atomic E-state index is 12.5. The Morgan fingerprint density at radius 3 is 2.70 bits per heavy atom. The van der Waals surface area contributed by atoms with Crippen LogP contribution in [-0.4, -0.2) is 59.7 Å². The van der Waals surface area contributed by atoms with Gasteiger partial charge in [-0.3, -0.25) is 9.69 Å². The first kappa shape index (κ1) is 16.3. The summed E-state index contributed by atoms with van der Waals surface area (Å²) in [5.41, 5.74) is 2.51. The summed E-state index contributed by atoms with van der Waals surface area (Å²) < 4.78 is 7.68. The molecule has 2 aliphatic heterocycles. The lowest BCUT2D eigenvalue weighted by atomic mass is 10.2. The maximum atomic E-state index is 12.5. The zero-order valence-electron chi connectivity index (χ0n) is 13.1. The van der Waals surface area contributed by atoms with Crippen molar-refractivity contribution in [2.45, 2.75) is 13.1 Å². The molecule has 0 bridgehead atoms. The number of morpholine rings is 1. The number of halogens is 1. The highest BCUT2D eigenvalue weighted by Gasteiger charge is 2.24. The van der Waals surface area contributed by atoms with E-state index in [0.29, 0.717) is 6.54 Å². The van der Waals surface area contributed by atoms with Crippen LogP contribution in [0.1, 0.15) is 5.69 Å². The number of aromatic nitrogens is 1. The zero-order valence-corrected chi connectivity index (χ0v) is 13.9. The Morgan fingerprint density at radius 1 is 1.09 bits per heavy atom. The topological polar surface area (TPSA) is 37.7 Å². The molecule has 6 heteroatoms. The Kier molecular flexibility index (Phi) is 4.90. The number of ether oxygens (including phenoxy) is 1. The second-order valence-electron chi connectivity index (χ2n) is 6.05. The van der Waals surface area contributed by atoms with Crippen LogP contribution in [0.3, 0.4) is 0 Å². The van der Waals surface area contributed by atoms with Gasteiger partial charge in [0.1, 0.15) is 0 Å². The van der Waals surface area contributed by atoms with E-state index in [9.17, 15) is 4.79 Å². The monoisotopic (exact) mass is 335 g/mol. The van der Waals surface area contributed by atoms with Crippen LogP contribution >= 0.6 is 12.4 Å². The van der Waals surface area contributed by atoms with E-state index in [0.717, 1.165) is 45.9 Å². The quantitative estimate of drug-likeness (QED) is 0.839. The first-order valence-corrected chi connectivity index (χ1v) is 7.96. The third-order valence-electron chi connectivity index (χ3n) is 4.66. The van der Waals surface area contributed by atoms with Crippen LogP contribution < -0.4 is 0 Å². The molecule has 2 aromatic rings. The molecule has 0 aliphatic carbocycles. The Labute approximate surface area is 142 Å². The highest BCUT2D eigenvalue weighted by atomic mass is 35.5. The predicted molar refractivity (Wildman–Crippen MR) is 91.9 cm³/mol. The molecule has 5 nitrogen and oxygen atoms in total. The van der Waals surface area contributed by atoms with Crippen molar-refractivity contribution in [3.63, 3.8) is 0 Å². The van der Waals surface area contributed by atoms with E-state index in [-0.39, 0.29) is 18.3 Å². The van der Waals surface area contributed by atoms with Gasteiger partial charge in [-0.1, -0.05) is 18.2 Å². The Morgan fingerprint density at radius 2 is 1.87 bits per heavy atom. The third kappa shape index (κ3) is 3.22. The molecule has 0 spiro atoms. The molecule has 0 unspecified atom stereocenters. The average molecular weight is 336 g/mol. The highest BCUT2D eigenvalue weighted by molar-refractivity contribution is 5.85. The van der Waals surface area contributed by atoms with Crippen LogP contribution in [0.25, 0.3) is 10.9 Å². The second kappa shape index (κ2) is 6.91. The molecule has 124 valence electrons. The van der Waals surface area contributed by atoms with Gasteiger partial charge in [0.15, 0.2) is 0 Å². The van der Waals surface area contributed by atoms with E-state index in [4.69, 9.17) is 4.74 Å². The molecule has 1 aromatic heterocycles. The number of benzene rings is 1. The minimum absolute atomic E-state index is 0. The number of hydrogen-bond acceptors (Lipinski definition) is 3. The third-order valence-corrected chi connectivity index (χ3v) is 4.66. The fraction of sp³-hybridized carbons (Fsp3) is 0.471. The number of para-hydroxylation sites is 1. The molecule has 0 saturated carbocycles. The molecule has 1 amide bonds. The standard InChI is InChI=1S/C17H21N3O2.ClH/c21-17(13-18-7-9-22-10-8-18)19-5-6-20-15(12-19)11-14-3-1-2-4-16(14)20;/h1-4,11H,5-10,12-13H2;1H.